The zero-order valence-electron chi connectivity index (χ0n) is 16.7. The van der Waals surface area contributed by atoms with E-state index in [1.54, 1.807) is 4.90 Å². The van der Waals surface area contributed by atoms with E-state index in [2.05, 4.69) is 21.6 Å². The van der Waals surface area contributed by atoms with Gasteiger partial charge in [0.05, 0.1) is 0 Å². The molecule has 29 heavy (non-hydrogen) atoms. The molecule has 3 aliphatic heterocycles. The van der Waals surface area contributed by atoms with Crippen molar-refractivity contribution in [3.05, 3.63) is 34.9 Å². The van der Waals surface area contributed by atoms with E-state index in [-0.39, 0.29) is 24.1 Å². The summed E-state index contributed by atoms with van der Waals surface area (Å²) in [6.45, 7) is 3.36. The molecule has 3 atom stereocenters. The van der Waals surface area contributed by atoms with Crippen LogP contribution >= 0.6 is 0 Å². The predicted molar refractivity (Wildman–Crippen MR) is 107 cm³/mol. The minimum absolute atomic E-state index is 0.0906. The zero-order valence-corrected chi connectivity index (χ0v) is 16.7. The fourth-order valence-electron chi connectivity index (χ4n) is 5.48. The summed E-state index contributed by atoms with van der Waals surface area (Å²) in [4.78, 5) is 40.9. The first-order valence-electron chi connectivity index (χ1n) is 10.8. The Hall–Kier alpha value is -2.25. The average molecular weight is 396 g/mol. The van der Waals surface area contributed by atoms with Crippen molar-refractivity contribution >= 4 is 17.7 Å². The molecule has 3 unspecified atom stereocenters. The van der Waals surface area contributed by atoms with Gasteiger partial charge in [-0.05, 0) is 36.5 Å². The number of hydrogen-bond acceptors (Lipinski definition) is 5. The Morgan fingerprint density at radius 2 is 1.93 bits per heavy atom. The lowest BCUT2D eigenvalue weighted by Gasteiger charge is -2.44. The molecule has 3 amide bonds. The first-order chi connectivity index (χ1) is 14.1. The molecule has 2 saturated heterocycles. The lowest BCUT2D eigenvalue weighted by molar-refractivity contribution is -0.136. The molecule has 0 spiro atoms. The summed E-state index contributed by atoms with van der Waals surface area (Å²) >= 11 is 0. The number of fused-ring (bicyclic) bond motifs is 2. The third kappa shape index (κ3) is 3.46. The van der Waals surface area contributed by atoms with Crippen LogP contribution in [-0.2, 0) is 22.7 Å². The first-order valence-corrected chi connectivity index (χ1v) is 10.8. The number of amides is 3. The van der Waals surface area contributed by atoms with Gasteiger partial charge in [0.2, 0.25) is 11.8 Å². The molecule has 7 heteroatoms. The van der Waals surface area contributed by atoms with Crippen LogP contribution in [0.4, 0.5) is 0 Å². The number of nitrogens with zero attached hydrogens (tertiary/aromatic N) is 2. The van der Waals surface area contributed by atoms with Crippen LogP contribution < -0.4 is 10.6 Å². The molecular weight excluding hydrogens is 368 g/mol. The highest BCUT2D eigenvalue weighted by atomic mass is 16.2. The van der Waals surface area contributed by atoms with Gasteiger partial charge in [0, 0.05) is 50.2 Å². The maximum absolute atomic E-state index is 13.0. The van der Waals surface area contributed by atoms with Gasteiger partial charge in [0.25, 0.3) is 5.91 Å². The SMILES string of the molecule is O=C1CCC(N2Cc3ccc(CN4CCNC5CCCCC54)cc3C2=O)C(=O)N1. The quantitative estimate of drug-likeness (QED) is 0.750. The van der Waals surface area contributed by atoms with Gasteiger partial charge in [0.15, 0.2) is 0 Å². The molecule has 5 rings (SSSR count). The van der Waals surface area contributed by atoms with Crippen molar-refractivity contribution < 1.29 is 14.4 Å². The molecule has 1 aliphatic carbocycles. The summed E-state index contributed by atoms with van der Waals surface area (Å²) in [7, 11) is 0. The Kier molecular flexibility index (Phi) is 4.87. The van der Waals surface area contributed by atoms with Gasteiger partial charge >= 0.3 is 0 Å². The van der Waals surface area contributed by atoms with Gasteiger partial charge in [-0.2, -0.15) is 0 Å². The van der Waals surface area contributed by atoms with E-state index in [1.165, 1.54) is 25.7 Å². The minimum atomic E-state index is -0.549. The second-order valence-corrected chi connectivity index (χ2v) is 8.77. The second kappa shape index (κ2) is 7.54. The summed E-state index contributed by atoms with van der Waals surface area (Å²) in [6, 6.07) is 6.81. The monoisotopic (exact) mass is 396 g/mol. The summed E-state index contributed by atoms with van der Waals surface area (Å²) in [5, 5.41) is 6.03. The van der Waals surface area contributed by atoms with Gasteiger partial charge in [-0.25, -0.2) is 0 Å². The van der Waals surface area contributed by atoms with Crippen molar-refractivity contribution in [1.82, 2.24) is 20.4 Å². The minimum Gasteiger partial charge on any atom is -0.322 e. The van der Waals surface area contributed by atoms with Gasteiger partial charge < -0.3 is 10.2 Å². The number of imide groups is 1. The van der Waals surface area contributed by atoms with Crippen molar-refractivity contribution in [3.8, 4) is 0 Å². The Morgan fingerprint density at radius 1 is 1.07 bits per heavy atom. The fraction of sp³-hybridized carbons (Fsp3) is 0.591. The van der Waals surface area contributed by atoms with Crippen LogP contribution in [0.2, 0.25) is 0 Å². The fourth-order valence-corrected chi connectivity index (χ4v) is 5.48. The number of carbonyl (C=O) groups excluding carboxylic acids is 3. The summed E-state index contributed by atoms with van der Waals surface area (Å²) in [5.41, 5.74) is 2.84. The van der Waals surface area contributed by atoms with Crippen LogP contribution in [0.25, 0.3) is 0 Å². The third-order valence-corrected chi connectivity index (χ3v) is 6.98. The van der Waals surface area contributed by atoms with Gasteiger partial charge in [-0.1, -0.05) is 25.0 Å². The van der Waals surface area contributed by atoms with E-state index in [0.29, 0.717) is 30.6 Å². The maximum atomic E-state index is 13.0. The molecule has 3 heterocycles. The Bertz CT molecular complexity index is 852. The Morgan fingerprint density at radius 3 is 2.79 bits per heavy atom. The molecule has 4 aliphatic rings. The summed E-state index contributed by atoms with van der Waals surface area (Å²) in [5.74, 6) is -0.700. The number of nitrogens with one attached hydrogen (secondary N) is 2. The highest BCUT2D eigenvalue weighted by Gasteiger charge is 2.39. The highest BCUT2D eigenvalue weighted by Crippen LogP contribution is 2.30. The van der Waals surface area contributed by atoms with Crippen LogP contribution in [0.5, 0.6) is 0 Å². The largest absolute Gasteiger partial charge is 0.322 e. The van der Waals surface area contributed by atoms with Crippen LogP contribution in [0, 0.1) is 0 Å². The van der Waals surface area contributed by atoms with Gasteiger partial charge in [0.1, 0.15) is 6.04 Å². The average Bonchev–Trinajstić information content (AvgIpc) is 3.04. The lowest BCUT2D eigenvalue weighted by atomic mass is 9.87. The molecule has 0 aromatic heterocycles. The molecule has 3 fully saturated rings. The summed E-state index contributed by atoms with van der Waals surface area (Å²) in [6.07, 6.45) is 5.79. The van der Waals surface area contributed by atoms with E-state index >= 15 is 0 Å². The molecule has 1 aromatic carbocycles. The van der Waals surface area contributed by atoms with E-state index in [9.17, 15) is 14.4 Å². The van der Waals surface area contributed by atoms with E-state index in [0.717, 1.165) is 30.8 Å². The molecule has 2 N–H and O–H groups in total. The number of rotatable bonds is 3. The smallest absolute Gasteiger partial charge is 0.255 e. The number of piperidine rings is 1. The molecule has 1 saturated carbocycles. The third-order valence-electron chi connectivity index (χ3n) is 6.98. The number of hydrogen-bond donors (Lipinski definition) is 2. The number of piperazine rings is 1. The Balaban J connectivity index is 1.31. The second-order valence-electron chi connectivity index (χ2n) is 8.77. The van der Waals surface area contributed by atoms with E-state index in [4.69, 9.17) is 0 Å². The molecule has 0 bridgehead atoms. The molecular formula is C22H28N4O3. The summed E-state index contributed by atoms with van der Waals surface area (Å²) < 4.78 is 0. The molecule has 7 nitrogen and oxygen atoms in total. The van der Waals surface area contributed by atoms with Crippen molar-refractivity contribution in [2.75, 3.05) is 13.1 Å². The van der Waals surface area contributed by atoms with Crippen LogP contribution in [0.3, 0.4) is 0 Å². The van der Waals surface area contributed by atoms with Crippen molar-refractivity contribution in [2.24, 2.45) is 0 Å². The zero-order chi connectivity index (χ0) is 20.0. The number of carbonyl (C=O) groups is 3. The van der Waals surface area contributed by atoms with Crippen molar-refractivity contribution in [1.29, 1.82) is 0 Å². The van der Waals surface area contributed by atoms with Crippen molar-refractivity contribution in [3.63, 3.8) is 0 Å². The molecule has 154 valence electrons. The normalized spacial score (nSPS) is 30.1. The number of benzene rings is 1. The van der Waals surface area contributed by atoms with E-state index < -0.39 is 6.04 Å². The standard InChI is InChI=1S/C22H28N4O3/c27-20-8-7-19(21(28)24-20)26-13-15-6-5-14(11-16(15)22(26)29)12-25-10-9-23-17-3-1-2-4-18(17)25/h5-6,11,17-19,23H,1-4,7-10,12-13H2,(H,24,27,28). The van der Waals surface area contributed by atoms with E-state index in [1.807, 2.05) is 12.1 Å². The molecule has 1 aromatic rings. The lowest BCUT2D eigenvalue weighted by Crippen LogP contribution is -2.58. The van der Waals surface area contributed by atoms with Gasteiger partial charge in [-0.15, -0.1) is 0 Å². The maximum Gasteiger partial charge on any atom is 0.255 e. The van der Waals surface area contributed by atoms with Crippen LogP contribution in [0.1, 0.15) is 60.0 Å². The molecule has 0 radical (unpaired) electrons. The highest BCUT2D eigenvalue weighted by molar-refractivity contribution is 6.05. The topological polar surface area (TPSA) is 81.8 Å². The van der Waals surface area contributed by atoms with Crippen molar-refractivity contribution in [2.45, 2.75) is 69.7 Å². The van der Waals surface area contributed by atoms with Crippen LogP contribution in [0.15, 0.2) is 18.2 Å². The first kappa shape index (κ1) is 18.8. The van der Waals surface area contributed by atoms with Gasteiger partial charge in [-0.3, -0.25) is 24.6 Å². The Labute approximate surface area is 170 Å². The van der Waals surface area contributed by atoms with Crippen LogP contribution in [-0.4, -0.2) is 58.7 Å². The predicted octanol–water partition coefficient (Wildman–Crippen LogP) is 1.16.